The van der Waals surface area contributed by atoms with Gasteiger partial charge < -0.3 is 9.47 Å². The van der Waals surface area contributed by atoms with Crippen molar-refractivity contribution in [2.45, 2.75) is 39.2 Å². The lowest BCUT2D eigenvalue weighted by atomic mass is 9.96. The zero-order valence-corrected chi connectivity index (χ0v) is 12.3. The van der Waals surface area contributed by atoms with Crippen molar-refractivity contribution in [2.24, 2.45) is 5.92 Å². The van der Waals surface area contributed by atoms with E-state index < -0.39 is 11.9 Å². The van der Waals surface area contributed by atoms with Crippen molar-refractivity contribution in [1.82, 2.24) is 0 Å². The molecule has 0 N–H and O–H groups in total. The third kappa shape index (κ3) is 7.07. The number of alkyl halides is 2. The van der Waals surface area contributed by atoms with Gasteiger partial charge in [0.25, 0.3) is 0 Å². The molecule has 0 spiro atoms. The molecule has 0 bridgehead atoms. The first kappa shape index (κ1) is 17.5. The van der Waals surface area contributed by atoms with Crippen LogP contribution in [-0.2, 0) is 19.1 Å². The van der Waals surface area contributed by atoms with Crippen LogP contribution in [0.1, 0.15) is 33.1 Å². The van der Waals surface area contributed by atoms with Crippen LogP contribution in [-0.4, -0.2) is 36.4 Å². The summed E-state index contributed by atoms with van der Waals surface area (Å²) in [6, 6.07) is 0. The van der Waals surface area contributed by atoms with Crippen molar-refractivity contribution >= 4 is 35.1 Å². The van der Waals surface area contributed by atoms with Crippen LogP contribution in [0.2, 0.25) is 0 Å². The van der Waals surface area contributed by atoms with Crippen LogP contribution in [0.5, 0.6) is 0 Å². The summed E-state index contributed by atoms with van der Waals surface area (Å²) in [5, 5.41) is 0. The molecule has 18 heavy (non-hydrogen) atoms. The topological polar surface area (TPSA) is 52.6 Å². The van der Waals surface area contributed by atoms with Gasteiger partial charge in [-0.05, 0) is 12.8 Å². The quantitative estimate of drug-likeness (QED) is 0.485. The molecule has 0 rings (SSSR count). The van der Waals surface area contributed by atoms with Crippen molar-refractivity contribution in [3.63, 3.8) is 0 Å². The third-order valence-corrected chi connectivity index (χ3v) is 3.02. The van der Waals surface area contributed by atoms with Gasteiger partial charge in [-0.15, -0.1) is 23.2 Å². The number of esters is 2. The van der Waals surface area contributed by atoms with Crippen molar-refractivity contribution < 1.29 is 19.1 Å². The monoisotopic (exact) mass is 298 g/mol. The first-order valence-electron chi connectivity index (χ1n) is 6.05. The maximum Gasteiger partial charge on any atom is 0.321 e. The second-order valence-corrected chi connectivity index (χ2v) is 4.47. The highest BCUT2D eigenvalue weighted by molar-refractivity contribution is 6.26. The summed E-state index contributed by atoms with van der Waals surface area (Å²) < 4.78 is 10.3. The number of carbonyl (C=O) groups is 2. The highest BCUT2D eigenvalue weighted by atomic mass is 35.5. The number of carbonyl (C=O) groups excluding carboxylic acids is 2. The molecule has 0 fully saturated rings. The maximum absolute atomic E-state index is 11.2. The van der Waals surface area contributed by atoms with E-state index in [-0.39, 0.29) is 30.4 Å². The summed E-state index contributed by atoms with van der Waals surface area (Å²) in [5.74, 6) is -1.27. The molecular weight excluding hydrogens is 279 g/mol. The van der Waals surface area contributed by atoms with E-state index in [1.54, 1.807) is 0 Å². The molecule has 0 aliphatic carbocycles. The summed E-state index contributed by atoms with van der Waals surface area (Å²) in [5.41, 5.74) is 0. The predicted molar refractivity (Wildman–Crippen MR) is 71.0 cm³/mol. The SMILES string of the molecule is CCC[C@@H](OC(=O)CCl)[C@H](CC)COC(=O)CCl. The third-order valence-electron chi connectivity index (χ3n) is 2.58. The smallest absolute Gasteiger partial charge is 0.321 e. The Morgan fingerprint density at radius 1 is 1.11 bits per heavy atom. The van der Waals surface area contributed by atoms with Gasteiger partial charge in [0.15, 0.2) is 0 Å². The van der Waals surface area contributed by atoms with Gasteiger partial charge >= 0.3 is 11.9 Å². The number of ether oxygens (including phenoxy) is 2. The summed E-state index contributed by atoms with van der Waals surface area (Å²) in [6.07, 6.45) is 2.07. The Balaban J connectivity index is 4.40. The second kappa shape index (κ2) is 10.4. The molecule has 0 radical (unpaired) electrons. The van der Waals surface area contributed by atoms with Crippen molar-refractivity contribution in [3.8, 4) is 0 Å². The van der Waals surface area contributed by atoms with Gasteiger partial charge in [-0.25, -0.2) is 0 Å². The Bertz CT molecular complexity index is 258. The molecule has 0 amide bonds. The van der Waals surface area contributed by atoms with Crippen LogP contribution >= 0.6 is 23.2 Å². The van der Waals surface area contributed by atoms with E-state index >= 15 is 0 Å². The summed E-state index contributed by atoms with van der Waals surface area (Å²) in [7, 11) is 0. The van der Waals surface area contributed by atoms with Crippen LogP contribution < -0.4 is 0 Å². The normalized spacial score (nSPS) is 13.8. The van der Waals surface area contributed by atoms with E-state index in [2.05, 4.69) is 0 Å². The zero-order chi connectivity index (χ0) is 14.0. The van der Waals surface area contributed by atoms with E-state index in [1.165, 1.54) is 0 Å². The van der Waals surface area contributed by atoms with Gasteiger partial charge in [-0.1, -0.05) is 20.3 Å². The fraction of sp³-hybridized carbons (Fsp3) is 0.833. The number of halogens is 2. The van der Waals surface area contributed by atoms with Gasteiger partial charge in [0.2, 0.25) is 0 Å². The van der Waals surface area contributed by atoms with Crippen LogP contribution in [0.3, 0.4) is 0 Å². The van der Waals surface area contributed by atoms with Crippen molar-refractivity contribution in [1.29, 1.82) is 0 Å². The van der Waals surface area contributed by atoms with E-state index in [1.807, 2.05) is 13.8 Å². The lowest BCUT2D eigenvalue weighted by Crippen LogP contribution is -2.31. The summed E-state index contributed by atoms with van der Waals surface area (Å²) >= 11 is 10.8. The van der Waals surface area contributed by atoms with Gasteiger partial charge in [-0.2, -0.15) is 0 Å². The average Bonchev–Trinajstić information content (AvgIpc) is 2.38. The van der Waals surface area contributed by atoms with Crippen LogP contribution in [0, 0.1) is 5.92 Å². The Morgan fingerprint density at radius 3 is 2.17 bits per heavy atom. The minimum Gasteiger partial charge on any atom is -0.464 e. The first-order chi connectivity index (χ1) is 8.58. The highest BCUT2D eigenvalue weighted by Crippen LogP contribution is 2.18. The standard InChI is InChI=1S/C12H20Cl2O4/c1-3-5-10(18-12(16)7-14)9(4-2)8-17-11(15)6-13/h9-10H,3-8H2,1-2H3/t9-,10-/m1/s1. The fourth-order valence-electron chi connectivity index (χ4n) is 1.60. The highest BCUT2D eigenvalue weighted by Gasteiger charge is 2.24. The molecule has 6 heteroatoms. The fourth-order valence-corrected chi connectivity index (χ4v) is 1.74. The number of rotatable bonds is 9. The molecule has 0 aromatic rings. The van der Waals surface area contributed by atoms with E-state index in [0.717, 1.165) is 19.3 Å². The van der Waals surface area contributed by atoms with E-state index in [0.29, 0.717) is 0 Å². The molecule has 0 saturated carbocycles. The molecule has 0 unspecified atom stereocenters. The van der Waals surface area contributed by atoms with Crippen molar-refractivity contribution in [3.05, 3.63) is 0 Å². The summed E-state index contributed by atoms with van der Waals surface area (Å²) in [4.78, 5) is 22.2. The molecule has 0 heterocycles. The van der Waals surface area contributed by atoms with E-state index in [4.69, 9.17) is 32.7 Å². The molecule has 2 atom stereocenters. The molecule has 0 aliphatic rings. The van der Waals surface area contributed by atoms with Crippen LogP contribution in [0.15, 0.2) is 0 Å². The molecule has 0 aromatic carbocycles. The molecular formula is C12H20Cl2O4. The summed E-state index contributed by atoms with van der Waals surface area (Å²) in [6.45, 7) is 4.16. The van der Waals surface area contributed by atoms with Gasteiger partial charge in [0.1, 0.15) is 17.9 Å². The first-order valence-corrected chi connectivity index (χ1v) is 7.12. The number of hydrogen-bond donors (Lipinski definition) is 0. The zero-order valence-electron chi connectivity index (χ0n) is 10.8. The Hall–Kier alpha value is -0.480. The second-order valence-electron chi connectivity index (χ2n) is 3.94. The Kier molecular flexibility index (Phi) is 10.2. The Labute approximate surface area is 118 Å². The molecule has 0 aliphatic heterocycles. The van der Waals surface area contributed by atoms with Gasteiger partial charge in [0, 0.05) is 5.92 Å². The van der Waals surface area contributed by atoms with Gasteiger partial charge in [-0.3, -0.25) is 9.59 Å². The van der Waals surface area contributed by atoms with Crippen LogP contribution in [0.4, 0.5) is 0 Å². The molecule has 0 aromatic heterocycles. The average molecular weight is 299 g/mol. The predicted octanol–water partition coefficient (Wildman–Crippen LogP) is 2.75. The minimum atomic E-state index is -0.464. The van der Waals surface area contributed by atoms with Crippen molar-refractivity contribution in [2.75, 3.05) is 18.4 Å². The Morgan fingerprint density at radius 2 is 1.72 bits per heavy atom. The maximum atomic E-state index is 11.2. The van der Waals surface area contributed by atoms with Gasteiger partial charge in [0.05, 0.1) is 6.61 Å². The lowest BCUT2D eigenvalue weighted by Gasteiger charge is -2.25. The van der Waals surface area contributed by atoms with E-state index in [9.17, 15) is 9.59 Å². The minimum absolute atomic E-state index is 0.0238. The molecule has 4 nitrogen and oxygen atoms in total. The largest absolute Gasteiger partial charge is 0.464 e. The molecule has 0 saturated heterocycles. The lowest BCUT2D eigenvalue weighted by molar-refractivity contribution is -0.153. The number of hydrogen-bond acceptors (Lipinski definition) is 4. The molecule has 106 valence electrons. The van der Waals surface area contributed by atoms with Crippen LogP contribution in [0.25, 0.3) is 0 Å².